The Hall–Kier alpha value is -4.42. The summed E-state index contributed by atoms with van der Waals surface area (Å²) in [5.41, 5.74) is 3.66. The Kier molecular flexibility index (Phi) is 7.57. The molecule has 6 rings (SSSR count). The molecule has 0 spiro atoms. The van der Waals surface area contributed by atoms with Gasteiger partial charge in [-0.15, -0.1) is 11.3 Å². The molecule has 9 nitrogen and oxygen atoms in total. The van der Waals surface area contributed by atoms with Crippen LogP contribution in [-0.4, -0.2) is 62.2 Å². The van der Waals surface area contributed by atoms with Crippen molar-refractivity contribution in [2.24, 2.45) is 7.05 Å². The number of rotatable bonds is 8. The lowest BCUT2D eigenvalue weighted by atomic mass is 9.96. The number of carbonyl (C=O) groups is 1. The summed E-state index contributed by atoms with van der Waals surface area (Å²) < 4.78 is 45.8. The molecule has 1 aliphatic heterocycles. The molecule has 0 aliphatic carbocycles. The number of hydrogen-bond acceptors (Lipinski definition) is 7. The normalized spacial score (nSPS) is 16.5. The summed E-state index contributed by atoms with van der Waals surface area (Å²) in [5, 5.41) is 12.0. The lowest BCUT2D eigenvalue weighted by molar-refractivity contribution is -0.129. The third-order valence-corrected chi connectivity index (χ3v) is 8.57. The molecule has 0 radical (unpaired) electrons. The van der Waals surface area contributed by atoms with Crippen molar-refractivity contribution in [1.29, 1.82) is 0 Å². The van der Waals surface area contributed by atoms with Gasteiger partial charge in [-0.2, -0.15) is 10.2 Å². The summed E-state index contributed by atoms with van der Waals surface area (Å²) in [7, 11) is 3.35. The fraction of sp³-hybridized carbons (Fsp3) is 0.290. The number of methoxy groups -OCH3 is 1. The molecular weight excluding hydrogens is 574 g/mol. The van der Waals surface area contributed by atoms with E-state index in [4.69, 9.17) is 19.6 Å². The molecular formula is C31H30F2N6O3S. The Labute approximate surface area is 251 Å². The number of carbonyl (C=O) groups excluding carboxylic acids is 1. The Morgan fingerprint density at radius 3 is 2.72 bits per heavy atom. The molecule has 12 heteroatoms. The highest BCUT2D eigenvalue weighted by Gasteiger charge is 2.34. The molecule has 1 amide bonds. The maximum absolute atomic E-state index is 15.9. The lowest BCUT2D eigenvalue weighted by Crippen LogP contribution is -2.42. The minimum absolute atomic E-state index is 0.0369. The fourth-order valence-electron chi connectivity index (χ4n) is 5.61. The zero-order valence-corrected chi connectivity index (χ0v) is 25.0. The van der Waals surface area contributed by atoms with Crippen molar-refractivity contribution in [1.82, 2.24) is 29.4 Å². The number of ether oxygens (including phenoxy) is 2. The molecule has 5 aromatic rings. The Balaban J connectivity index is 1.64. The first-order valence-electron chi connectivity index (χ1n) is 13.8. The minimum atomic E-state index is -0.784. The van der Waals surface area contributed by atoms with Crippen molar-refractivity contribution in [3.8, 4) is 39.5 Å². The van der Waals surface area contributed by atoms with Gasteiger partial charge >= 0.3 is 0 Å². The molecule has 1 aromatic carbocycles. The monoisotopic (exact) mass is 604 g/mol. The molecule has 0 bridgehead atoms. The van der Waals surface area contributed by atoms with E-state index < -0.39 is 11.6 Å². The molecule has 0 saturated heterocycles. The highest BCUT2D eigenvalue weighted by molar-refractivity contribution is 7.18. The third kappa shape index (κ3) is 5.00. The fourth-order valence-corrected chi connectivity index (χ4v) is 6.56. The van der Waals surface area contributed by atoms with Crippen LogP contribution < -0.4 is 4.74 Å². The first-order valence-corrected chi connectivity index (χ1v) is 14.6. The molecule has 2 atom stereocenters. The van der Waals surface area contributed by atoms with E-state index in [-0.39, 0.29) is 42.5 Å². The quantitative estimate of drug-likeness (QED) is 0.155. The van der Waals surface area contributed by atoms with Crippen molar-refractivity contribution in [2.75, 3.05) is 26.9 Å². The first-order chi connectivity index (χ1) is 20.7. The molecule has 1 aliphatic rings. The summed E-state index contributed by atoms with van der Waals surface area (Å²) in [4.78, 5) is 19.5. The van der Waals surface area contributed by atoms with Gasteiger partial charge in [0, 0.05) is 60.2 Å². The van der Waals surface area contributed by atoms with Crippen LogP contribution in [0.25, 0.3) is 43.9 Å². The van der Waals surface area contributed by atoms with Crippen molar-refractivity contribution in [3.63, 3.8) is 0 Å². The molecule has 0 fully saturated rings. The zero-order chi connectivity index (χ0) is 30.4. The van der Waals surface area contributed by atoms with Crippen LogP contribution >= 0.6 is 11.3 Å². The highest BCUT2D eigenvalue weighted by Crippen LogP contribution is 2.47. The van der Waals surface area contributed by atoms with Gasteiger partial charge in [0.25, 0.3) is 0 Å². The Morgan fingerprint density at radius 1 is 1.19 bits per heavy atom. The number of fused-ring (bicyclic) bond motifs is 2. The molecule has 43 heavy (non-hydrogen) atoms. The second-order valence-electron chi connectivity index (χ2n) is 10.5. The number of hydrogen-bond donors (Lipinski definition) is 0. The summed E-state index contributed by atoms with van der Waals surface area (Å²) >= 11 is 1.42. The van der Waals surface area contributed by atoms with E-state index in [0.29, 0.717) is 29.2 Å². The number of thiophene rings is 1. The predicted octanol–water partition coefficient (Wildman–Crippen LogP) is 6.18. The number of nitrogens with zero attached hydrogens (tertiary/aromatic N) is 6. The summed E-state index contributed by atoms with van der Waals surface area (Å²) in [6.45, 7) is 8.35. The van der Waals surface area contributed by atoms with E-state index in [1.807, 2.05) is 49.3 Å². The van der Waals surface area contributed by atoms with Gasteiger partial charge in [-0.1, -0.05) is 6.58 Å². The van der Waals surface area contributed by atoms with Gasteiger partial charge in [0.2, 0.25) is 5.91 Å². The number of pyridine rings is 1. The molecule has 0 N–H and O–H groups in total. The van der Waals surface area contributed by atoms with Crippen LogP contribution in [0.1, 0.15) is 31.6 Å². The SMILES string of the molecule is C=CC(=O)N1C[C@H](C)n2nc(-c3nc(-c4cnn(C)c4)c4ccsc4c3-c3c(F)cc(F)cc3OCCOC)cc2[C@H]1C. The second kappa shape index (κ2) is 11.3. The van der Waals surface area contributed by atoms with Gasteiger partial charge in [0.15, 0.2) is 0 Å². The second-order valence-corrected chi connectivity index (χ2v) is 11.4. The van der Waals surface area contributed by atoms with Gasteiger partial charge in [0.05, 0.1) is 41.8 Å². The standard InChI is InChI=1S/C31H30F2N6O3S/c1-6-26(40)38-15-17(2)39-24(18(38)3)13-23(36-39)30-28(27-22(33)11-20(32)12-25(27)42-9-8-41-5)31-21(7-10-43-31)29(35-30)19-14-34-37(4)16-19/h6-7,10-14,16-18H,1,8-9,15H2,2-5H3/t17-,18+/m0/s1. The van der Waals surface area contributed by atoms with Gasteiger partial charge in [-0.25, -0.2) is 13.8 Å². The lowest BCUT2D eigenvalue weighted by Gasteiger charge is -2.36. The number of benzene rings is 1. The summed E-state index contributed by atoms with van der Waals surface area (Å²) in [6, 6.07) is 5.41. The number of aromatic nitrogens is 5. The molecule has 5 heterocycles. The summed E-state index contributed by atoms with van der Waals surface area (Å²) in [5.74, 6) is -1.68. The average Bonchev–Trinajstić information content (AvgIpc) is 3.74. The van der Waals surface area contributed by atoms with Crippen LogP contribution in [0, 0.1) is 11.6 Å². The van der Waals surface area contributed by atoms with Crippen LogP contribution in [0.15, 0.2) is 54.7 Å². The van der Waals surface area contributed by atoms with Crippen LogP contribution in [-0.2, 0) is 16.6 Å². The van der Waals surface area contributed by atoms with E-state index in [1.54, 1.807) is 15.8 Å². The van der Waals surface area contributed by atoms with Gasteiger partial charge in [-0.3, -0.25) is 14.2 Å². The Bertz CT molecular complexity index is 1860. The van der Waals surface area contributed by atoms with Crippen LogP contribution in [0.3, 0.4) is 0 Å². The van der Waals surface area contributed by atoms with Crippen LogP contribution in [0.5, 0.6) is 5.75 Å². The van der Waals surface area contributed by atoms with E-state index in [2.05, 4.69) is 11.7 Å². The number of aryl methyl sites for hydroxylation is 1. The van der Waals surface area contributed by atoms with Crippen molar-refractivity contribution in [3.05, 3.63) is 72.0 Å². The first kappa shape index (κ1) is 28.7. The number of amides is 1. The number of halogens is 2. The van der Waals surface area contributed by atoms with E-state index in [9.17, 15) is 9.18 Å². The maximum atomic E-state index is 15.9. The van der Waals surface area contributed by atoms with Crippen molar-refractivity contribution in [2.45, 2.75) is 25.9 Å². The third-order valence-electron chi connectivity index (χ3n) is 7.64. The minimum Gasteiger partial charge on any atom is -0.490 e. The highest BCUT2D eigenvalue weighted by atomic mass is 32.1. The van der Waals surface area contributed by atoms with Crippen LogP contribution in [0.2, 0.25) is 0 Å². The average molecular weight is 605 g/mol. The van der Waals surface area contributed by atoms with Crippen molar-refractivity contribution >= 4 is 27.3 Å². The maximum Gasteiger partial charge on any atom is 0.246 e. The van der Waals surface area contributed by atoms with Crippen LogP contribution in [0.4, 0.5) is 8.78 Å². The van der Waals surface area contributed by atoms with Gasteiger partial charge in [-0.05, 0) is 37.4 Å². The van der Waals surface area contributed by atoms with E-state index in [0.717, 1.165) is 27.4 Å². The molecule has 0 unspecified atom stereocenters. The molecule has 4 aromatic heterocycles. The predicted molar refractivity (Wildman–Crippen MR) is 161 cm³/mol. The topological polar surface area (TPSA) is 87.3 Å². The Morgan fingerprint density at radius 2 is 2.00 bits per heavy atom. The largest absolute Gasteiger partial charge is 0.490 e. The zero-order valence-electron chi connectivity index (χ0n) is 24.2. The molecule has 0 saturated carbocycles. The van der Waals surface area contributed by atoms with Gasteiger partial charge < -0.3 is 14.4 Å². The summed E-state index contributed by atoms with van der Waals surface area (Å²) in [6.07, 6.45) is 4.90. The van der Waals surface area contributed by atoms with Crippen molar-refractivity contribution < 1.29 is 23.0 Å². The smallest absolute Gasteiger partial charge is 0.246 e. The van der Waals surface area contributed by atoms with E-state index in [1.165, 1.54) is 30.6 Å². The van der Waals surface area contributed by atoms with E-state index >= 15 is 4.39 Å². The van der Waals surface area contributed by atoms with Gasteiger partial charge in [0.1, 0.15) is 35.4 Å². The molecule has 222 valence electrons.